The third-order valence-electron chi connectivity index (χ3n) is 13.5. The minimum absolute atomic E-state index is 0.0231. The highest BCUT2D eigenvalue weighted by atomic mass is 16.6. The maximum atomic E-state index is 13.7. The van der Waals surface area contributed by atoms with Gasteiger partial charge in [0.15, 0.2) is 0 Å². The van der Waals surface area contributed by atoms with Gasteiger partial charge in [-0.15, -0.1) is 0 Å². The zero-order chi connectivity index (χ0) is 46.7. The van der Waals surface area contributed by atoms with Crippen LogP contribution < -0.4 is 5.32 Å². The topological polar surface area (TPSA) is 137 Å². The fourth-order valence-electron chi connectivity index (χ4n) is 9.29. The smallest absolute Gasteiger partial charge is 0.338 e. The lowest BCUT2D eigenvalue weighted by Crippen LogP contribution is -2.54. The van der Waals surface area contributed by atoms with E-state index in [1.165, 1.54) is 135 Å². The maximum absolute atomic E-state index is 13.7. The van der Waals surface area contributed by atoms with E-state index in [0.717, 1.165) is 38.5 Å². The molecular formula is C55H91NO9. The van der Waals surface area contributed by atoms with Crippen molar-refractivity contribution in [3.8, 4) is 0 Å². The van der Waals surface area contributed by atoms with Crippen molar-refractivity contribution >= 4 is 23.8 Å². The second-order valence-electron chi connectivity index (χ2n) is 19.2. The monoisotopic (exact) mass is 910 g/mol. The maximum Gasteiger partial charge on any atom is 0.338 e. The van der Waals surface area contributed by atoms with E-state index >= 15 is 0 Å². The summed E-state index contributed by atoms with van der Waals surface area (Å²) in [5.41, 5.74) is 0.380. The van der Waals surface area contributed by atoms with Crippen molar-refractivity contribution in [1.29, 1.82) is 0 Å². The molecular weight excluding hydrogens is 819 g/mol. The van der Waals surface area contributed by atoms with Crippen molar-refractivity contribution in [1.82, 2.24) is 5.32 Å². The number of aliphatic hydroxyl groups excluding tert-OH is 1. The molecule has 2 N–H and O–H groups in total. The van der Waals surface area contributed by atoms with Gasteiger partial charge in [-0.05, 0) is 43.9 Å². The zero-order valence-electron chi connectivity index (χ0n) is 41.1. The number of amides is 1. The number of unbranched alkanes of at least 4 members (excludes halogenated alkanes) is 25. The molecule has 0 aromatic heterocycles. The first kappa shape index (κ1) is 56.1. The van der Waals surface area contributed by atoms with E-state index < -0.39 is 60.2 Å². The fourth-order valence-corrected chi connectivity index (χ4v) is 9.29. The van der Waals surface area contributed by atoms with E-state index in [-0.39, 0.29) is 38.4 Å². The lowest BCUT2D eigenvalue weighted by molar-refractivity contribution is -0.170. The highest BCUT2D eigenvalue weighted by Gasteiger charge is 2.46. The number of allylic oxidation sites excluding steroid dienone is 1. The van der Waals surface area contributed by atoms with Crippen LogP contribution in [0, 0.1) is 11.8 Å². The van der Waals surface area contributed by atoms with Gasteiger partial charge in [0.2, 0.25) is 5.91 Å². The van der Waals surface area contributed by atoms with Gasteiger partial charge in [-0.25, -0.2) is 4.79 Å². The molecule has 2 unspecified atom stereocenters. The average molecular weight is 910 g/mol. The highest BCUT2D eigenvalue weighted by molar-refractivity contribution is 5.89. The summed E-state index contributed by atoms with van der Waals surface area (Å²) in [6.45, 7) is 6.23. The summed E-state index contributed by atoms with van der Waals surface area (Å²) < 4.78 is 24.3. The Labute approximate surface area is 394 Å². The van der Waals surface area contributed by atoms with Gasteiger partial charge in [-0.3, -0.25) is 14.4 Å². The van der Waals surface area contributed by atoms with Gasteiger partial charge in [-0.1, -0.05) is 199 Å². The fraction of sp³-hybridized carbons (Fsp3) is 0.782. The van der Waals surface area contributed by atoms with Gasteiger partial charge in [-0.2, -0.15) is 0 Å². The molecule has 0 radical (unpaired) electrons. The molecule has 65 heavy (non-hydrogen) atoms. The number of rotatable bonds is 32. The van der Waals surface area contributed by atoms with Gasteiger partial charge < -0.3 is 29.4 Å². The highest BCUT2D eigenvalue weighted by Crippen LogP contribution is 2.35. The Kier molecular flexibility index (Phi) is 31.0. The molecule has 3 rings (SSSR count). The summed E-state index contributed by atoms with van der Waals surface area (Å²) in [6.07, 6.45) is 34.0. The van der Waals surface area contributed by atoms with Crippen LogP contribution in [-0.4, -0.2) is 72.6 Å². The van der Waals surface area contributed by atoms with Crippen LogP contribution in [0.4, 0.5) is 0 Å². The zero-order valence-corrected chi connectivity index (χ0v) is 41.1. The number of ether oxygens (including phenoxy) is 4. The van der Waals surface area contributed by atoms with Crippen LogP contribution in [-0.2, 0) is 33.3 Å². The van der Waals surface area contributed by atoms with Gasteiger partial charge in [0.25, 0.3) is 0 Å². The third kappa shape index (κ3) is 24.9. The summed E-state index contributed by atoms with van der Waals surface area (Å²) >= 11 is 0. The van der Waals surface area contributed by atoms with Crippen LogP contribution in [0.1, 0.15) is 230 Å². The molecule has 370 valence electrons. The molecule has 1 aliphatic heterocycles. The predicted octanol–water partition coefficient (Wildman–Crippen LogP) is 12.9. The Balaban J connectivity index is 1.64. The minimum Gasteiger partial charge on any atom is -0.465 e. The first-order valence-electron chi connectivity index (χ1n) is 26.6. The standard InChI is InChI=1S/C55H91NO9/c1-4-6-8-10-12-14-16-18-19-21-23-25-27-29-34-38-50(57)56-47-43-62-49-41-46(53(60)44(3)54(49)65-55(61)45-35-31-30-32-36-45)42-63-51(58)39-40-52(59)64-48(47)37-33-28-26-24-22-20-17-15-13-11-9-7-5-2/h30-33,35-37,44,46-49,53-54,60H,4-29,34,38-43H2,1-3H3,(H,56,57)/b37-33+/t44-,46?,47-,48+,49-,53+,54?/m0/s1. The Hall–Kier alpha value is -3.24. The van der Waals surface area contributed by atoms with Crippen molar-refractivity contribution in [2.45, 2.75) is 250 Å². The van der Waals surface area contributed by atoms with Crippen molar-refractivity contribution in [3.63, 3.8) is 0 Å². The number of hydrogen-bond donors (Lipinski definition) is 2. The number of aliphatic hydroxyl groups is 1. The molecule has 2 bridgehead atoms. The lowest BCUT2D eigenvalue weighted by atomic mass is 9.76. The number of nitrogens with one attached hydrogen (secondary N) is 1. The molecule has 0 spiro atoms. The summed E-state index contributed by atoms with van der Waals surface area (Å²) in [5.74, 6) is -2.85. The second-order valence-corrected chi connectivity index (χ2v) is 19.2. The number of esters is 3. The quantitative estimate of drug-likeness (QED) is 0.0313. The summed E-state index contributed by atoms with van der Waals surface area (Å²) in [6, 6.07) is 7.95. The molecule has 1 saturated carbocycles. The number of benzene rings is 1. The lowest BCUT2D eigenvalue weighted by Gasteiger charge is -2.43. The Morgan fingerprint density at radius 2 is 1.20 bits per heavy atom. The average Bonchev–Trinajstić information content (AvgIpc) is 3.31. The molecule has 1 saturated heterocycles. The van der Waals surface area contributed by atoms with E-state index in [1.54, 1.807) is 31.2 Å². The molecule has 10 nitrogen and oxygen atoms in total. The first-order chi connectivity index (χ1) is 31.7. The number of cyclic esters (lactones) is 2. The van der Waals surface area contributed by atoms with Crippen molar-refractivity contribution < 1.29 is 43.2 Å². The van der Waals surface area contributed by atoms with Crippen molar-refractivity contribution in [2.75, 3.05) is 13.2 Å². The van der Waals surface area contributed by atoms with Gasteiger partial charge >= 0.3 is 17.9 Å². The molecule has 1 heterocycles. The van der Waals surface area contributed by atoms with Crippen molar-refractivity contribution in [2.24, 2.45) is 11.8 Å². The molecule has 1 aromatic rings. The Bertz CT molecular complexity index is 1430. The van der Waals surface area contributed by atoms with E-state index in [2.05, 4.69) is 19.2 Å². The SMILES string of the molecule is CCCCCCCCCCCCC/C=C/[C@H]1OC(=O)CCC(=O)OCC2C[C@H](OC[C@@H]1NC(=O)CCCCCCCCCCCCCCCCC)C(OC(=O)c1ccccc1)[C@@H](C)[C@H]2O. The summed E-state index contributed by atoms with van der Waals surface area (Å²) in [7, 11) is 0. The van der Waals surface area contributed by atoms with Crippen LogP contribution in [0.2, 0.25) is 0 Å². The number of carbonyl (C=O) groups excluding carboxylic acids is 4. The van der Waals surface area contributed by atoms with E-state index in [0.29, 0.717) is 12.0 Å². The summed E-state index contributed by atoms with van der Waals surface area (Å²) in [5, 5.41) is 14.5. The van der Waals surface area contributed by atoms with E-state index in [1.807, 2.05) is 18.2 Å². The normalized spacial score (nSPS) is 23.1. The van der Waals surface area contributed by atoms with Crippen LogP contribution in [0.15, 0.2) is 42.5 Å². The van der Waals surface area contributed by atoms with Crippen LogP contribution in [0.3, 0.4) is 0 Å². The van der Waals surface area contributed by atoms with E-state index in [4.69, 9.17) is 18.9 Å². The second kappa shape index (κ2) is 35.9. The molecule has 1 aromatic carbocycles. The van der Waals surface area contributed by atoms with Gasteiger partial charge in [0.1, 0.15) is 12.2 Å². The van der Waals surface area contributed by atoms with Crippen LogP contribution in [0.25, 0.3) is 0 Å². The predicted molar refractivity (Wildman–Crippen MR) is 260 cm³/mol. The largest absolute Gasteiger partial charge is 0.465 e. The van der Waals surface area contributed by atoms with Crippen LogP contribution >= 0.6 is 0 Å². The number of carbonyl (C=O) groups is 4. The van der Waals surface area contributed by atoms with Gasteiger partial charge in [0.05, 0.1) is 49.9 Å². The minimum atomic E-state index is -0.939. The summed E-state index contributed by atoms with van der Waals surface area (Å²) in [4.78, 5) is 53.1. The Morgan fingerprint density at radius 1 is 0.692 bits per heavy atom. The van der Waals surface area contributed by atoms with Gasteiger partial charge in [0, 0.05) is 18.3 Å². The van der Waals surface area contributed by atoms with Crippen molar-refractivity contribution in [3.05, 3.63) is 48.0 Å². The number of hydrogen-bond acceptors (Lipinski definition) is 9. The molecule has 1 amide bonds. The first-order valence-corrected chi connectivity index (χ1v) is 26.6. The molecule has 2 fully saturated rings. The molecule has 10 heteroatoms. The number of fused-ring (bicyclic) bond motifs is 2. The van der Waals surface area contributed by atoms with Crippen LogP contribution in [0.5, 0.6) is 0 Å². The molecule has 1 aliphatic carbocycles. The van der Waals surface area contributed by atoms with E-state index in [9.17, 15) is 24.3 Å². The molecule has 2 aliphatic rings. The third-order valence-corrected chi connectivity index (χ3v) is 13.5. The molecule has 7 atom stereocenters. The Morgan fingerprint density at radius 3 is 1.75 bits per heavy atom.